The number of nitrogens with one attached hydrogen (secondary N) is 1. The van der Waals surface area contributed by atoms with Crippen LogP contribution in [0.3, 0.4) is 0 Å². The van der Waals surface area contributed by atoms with Crippen molar-refractivity contribution in [1.82, 2.24) is 10.2 Å². The summed E-state index contributed by atoms with van der Waals surface area (Å²) in [5.41, 5.74) is 1.26. The summed E-state index contributed by atoms with van der Waals surface area (Å²) in [6.45, 7) is 5.64. The molecule has 1 aromatic carbocycles. The SMILES string of the molecule is CC1CCNC(C2CC2)CN1Cc1ccccc1Cl. The van der Waals surface area contributed by atoms with Crippen LogP contribution in [-0.4, -0.2) is 30.1 Å². The van der Waals surface area contributed by atoms with Crippen molar-refractivity contribution < 1.29 is 0 Å². The monoisotopic (exact) mass is 278 g/mol. The highest BCUT2D eigenvalue weighted by Gasteiger charge is 2.34. The number of hydrogen-bond donors (Lipinski definition) is 1. The molecular weight excluding hydrogens is 256 g/mol. The standard InChI is InChI=1S/C16H23ClN2/c1-12-8-9-18-16(13-6-7-13)11-19(12)10-14-4-2-3-5-15(14)17/h2-5,12-13,16,18H,6-11H2,1H3. The lowest BCUT2D eigenvalue weighted by Gasteiger charge is -2.29. The summed E-state index contributed by atoms with van der Waals surface area (Å²) in [6.07, 6.45) is 4.05. The molecule has 1 aromatic rings. The van der Waals surface area contributed by atoms with Gasteiger partial charge in [0.2, 0.25) is 0 Å². The van der Waals surface area contributed by atoms with Gasteiger partial charge in [0.25, 0.3) is 0 Å². The molecule has 1 aliphatic carbocycles. The van der Waals surface area contributed by atoms with E-state index in [1.807, 2.05) is 12.1 Å². The number of rotatable bonds is 3. The first kappa shape index (κ1) is 13.4. The van der Waals surface area contributed by atoms with E-state index in [1.54, 1.807) is 0 Å². The quantitative estimate of drug-likeness (QED) is 0.913. The number of nitrogens with zero attached hydrogens (tertiary/aromatic N) is 1. The van der Waals surface area contributed by atoms with E-state index in [0.717, 1.165) is 30.6 Å². The average molecular weight is 279 g/mol. The van der Waals surface area contributed by atoms with Crippen LogP contribution in [0.5, 0.6) is 0 Å². The molecule has 2 aliphatic rings. The van der Waals surface area contributed by atoms with Crippen molar-refractivity contribution in [2.75, 3.05) is 13.1 Å². The second-order valence-electron chi connectivity index (χ2n) is 6.06. The Morgan fingerprint density at radius 1 is 1.26 bits per heavy atom. The molecule has 1 saturated heterocycles. The summed E-state index contributed by atoms with van der Waals surface area (Å²) >= 11 is 6.30. The van der Waals surface area contributed by atoms with Crippen molar-refractivity contribution >= 4 is 11.6 Å². The predicted molar refractivity (Wildman–Crippen MR) is 80.5 cm³/mol. The van der Waals surface area contributed by atoms with Gasteiger partial charge in [-0.1, -0.05) is 29.8 Å². The molecule has 0 aromatic heterocycles. The second kappa shape index (κ2) is 5.82. The highest BCUT2D eigenvalue weighted by Crippen LogP contribution is 2.34. The van der Waals surface area contributed by atoms with Crippen molar-refractivity contribution in [1.29, 1.82) is 0 Å². The van der Waals surface area contributed by atoms with E-state index in [0.29, 0.717) is 12.1 Å². The number of benzene rings is 1. The van der Waals surface area contributed by atoms with Crippen LogP contribution in [0.25, 0.3) is 0 Å². The van der Waals surface area contributed by atoms with Crippen LogP contribution in [0.4, 0.5) is 0 Å². The highest BCUT2D eigenvalue weighted by molar-refractivity contribution is 6.31. The smallest absolute Gasteiger partial charge is 0.0451 e. The molecule has 2 unspecified atom stereocenters. The first-order chi connectivity index (χ1) is 9.24. The Bertz CT molecular complexity index is 431. The Morgan fingerprint density at radius 3 is 2.79 bits per heavy atom. The van der Waals surface area contributed by atoms with Crippen LogP contribution in [-0.2, 0) is 6.54 Å². The molecule has 0 spiro atoms. The predicted octanol–water partition coefficient (Wildman–Crippen LogP) is 3.30. The van der Waals surface area contributed by atoms with Gasteiger partial charge in [0.1, 0.15) is 0 Å². The molecule has 0 radical (unpaired) electrons. The van der Waals surface area contributed by atoms with E-state index in [1.165, 1.54) is 24.8 Å². The molecule has 2 atom stereocenters. The van der Waals surface area contributed by atoms with Gasteiger partial charge in [-0.3, -0.25) is 4.90 Å². The first-order valence-electron chi connectivity index (χ1n) is 7.45. The Morgan fingerprint density at radius 2 is 2.05 bits per heavy atom. The molecule has 19 heavy (non-hydrogen) atoms. The molecular formula is C16H23ClN2. The number of halogens is 1. The second-order valence-corrected chi connectivity index (χ2v) is 6.46. The van der Waals surface area contributed by atoms with E-state index in [4.69, 9.17) is 11.6 Å². The fourth-order valence-electron chi connectivity index (χ4n) is 3.04. The lowest BCUT2D eigenvalue weighted by Crippen LogP contribution is -2.40. The van der Waals surface area contributed by atoms with E-state index in [-0.39, 0.29) is 0 Å². The highest BCUT2D eigenvalue weighted by atomic mass is 35.5. The zero-order chi connectivity index (χ0) is 13.2. The lowest BCUT2D eigenvalue weighted by molar-refractivity contribution is 0.191. The van der Waals surface area contributed by atoms with Crippen molar-refractivity contribution in [3.05, 3.63) is 34.9 Å². The van der Waals surface area contributed by atoms with E-state index >= 15 is 0 Å². The van der Waals surface area contributed by atoms with Crippen LogP contribution >= 0.6 is 11.6 Å². The van der Waals surface area contributed by atoms with Crippen molar-refractivity contribution in [3.63, 3.8) is 0 Å². The van der Waals surface area contributed by atoms with Crippen LogP contribution in [0.15, 0.2) is 24.3 Å². The third-order valence-corrected chi connectivity index (χ3v) is 4.91. The molecule has 3 heteroatoms. The van der Waals surface area contributed by atoms with Gasteiger partial charge in [-0.25, -0.2) is 0 Å². The normalized spacial score (nSPS) is 29.2. The summed E-state index contributed by atoms with van der Waals surface area (Å²) in [7, 11) is 0. The molecule has 2 nitrogen and oxygen atoms in total. The van der Waals surface area contributed by atoms with Gasteiger partial charge in [0, 0.05) is 30.2 Å². The molecule has 104 valence electrons. The third-order valence-electron chi connectivity index (χ3n) is 4.55. The van der Waals surface area contributed by atoms with Gasteiger partial charge in [-0.05, 0) is 50.3 Å². The fourth-order valence-corrected chi connectivity index (χ4v) is 3.23. The minimum atomic E-state index is 0.632. The van der Waals surface area contributed by atoms with Crippen molar-refractivity contribution in [2.45, 2.75) is 44.8 Å². The molecule has 1 heterocycles. The maximum absolute atomic E-state index is 6.30. The molecule has 3 rings (SSSR count). The van der Waals surface area contributed by atoms with Gasteiger partial charge in [0.15, 0.2) is 0 Å². The van der Waals surface area contributed by atoms with Crippen LogP contribution in [0.2, 0.25) is 5.02 Å². The average Bonchev–Trinajstić information content (AvgIpc) is 3.22. The fraction of sp³-hybridized carbons (Fsp3) is 0.625. The van der Waals surface area contributed by atoms with Crippen molar-refractivity contribution in [3.8, 4) is 0 Å². The maximum atomic E-state index is 6.30. The van der Waals surface area contributed by atoms with E-state index in [9.17, 15) is 0 Å². The largest absolute Gasteiger partial charge is 0.312 e. The molecule has 1 N–H and O–H groups in total. The summed E-state index contributed by atoms with van der Waals surface area (Å²) < 4.78 is 0. The van der Waals surface area contributed by atoms with Gasteiger partial charge in [-0.15, -0.1) is 0 Å². The summed E-state index contributed by atoms with van der Waals surface area (Å²) in [5.74, 6) is 0.916. The van der Waals surface area contributed by atoms with Gasteiger partial charge >= 0.3 is 0 Å². The van der Waals surface area contributed by atoms with Crippen molar-refractivity contribution in [2.24, 2.45) is 5.92 Å². The van der Waals surface area contributed by atoms with Crippen LogP contribution in [0, 0.1) is 5.92 Å². The van der Waals surface area contributed by atoms with Gasteiger partial charge in [0.05, 0.1) is 0 Å². The molecule has 1 aliphatic heterocycles. The minimum Gasteiger partial charge on any atom is -0.312 e. The summed E-state index contributed by atoms with van der Waals surface area (Å²) in [6, 6.07) is 9.56. The topological polar surface area (TPSA) is 15.3 Å². The molecule has 0 amide bonds. The Kier molecular flexibility index (Phi) is 4.11. The zero-order valence-corrected chi connectivity index (χ0v) is 12.4. The summed E-state index contributed by atoms with van der Waals surface area (Å²) in [4.78, 5) is 2.60. The van der Waals surface area contributed by atoms with Crippen LogP contribution < -0.4 is 5.32 Å². The Balaban J connectivity index is 1.71. The maximum Gasteiger partial charge on any atom is 0.0451 e. The van der Waals surface area contributed by atoms with Gasteiger partial charge in [-0.2, -0.15) is 0 Å². The number of hydrogen-bond acceptors (Lipinski definition) is 2. The third kappa shape index (κ3) is 3.31. The van der Waals surface area contributed by atoms with Crippen LogP contribution in [0.1, 0.15) is 31.7 Å². The first-order valence-corrected chi connectivity index (χ1v) is 7.82. The molecule has 2 fully saturated rings. The van der Waals surface area contributed by atoms with Gasteiger partial charge < -0.3 is 5.32 Å². The lowest BCUT2D eigenvalue weighted by atomic mass is 10.1. The zero-order valence-electron chi connectivity index (χ0n) is 11.6. The Hall–Kier alpha value is -0.570. The Labute approximate surface area is 121 Å². The molecule has 0 bridgehead atoms. The summed E-state index contributed by atoms with van der Waals surface area (Å²) in [5, 5.41) is 4.63. The van der Waals surface area contributed by atoms with E-state index in [2.05, 4.69) is 29.3 Å². The van der Waals surface area contributed by atoms with E-state index < -0.39 is 0 Å². The molecule has 1 saturated carbocycles. The minimum absolute atomic E-state index is 0.632.